The van der Waals surface area contributed by atoms with Crippen molar-refractivity contribution in [1.82, 2.24) is 0 Å². The van der Waals surface area contributed by atoms with Crippen molar-refractivity contribution in [2.75, 3.05) is 0 Å². The average Bonchev–Trinajstić information content (AvgIpc) is 2.49. The summed E-state index contributed by atoms with van der Waals surface area (Å²) >= 11 is 0. The minimum absolute atomic E-state index is 0.113. The summed E-state index contributed by atoms with van der Waals surface area (Å²) in [6.07, 6.45) is 3.04. The number of hydrogen-bond donors (Lipinski definition) is 0. The zero-order valence-corrected chi connectivity index (χ0v) is 11.9. The Kier molecular flexibility index (Phi) is 5.43. The Morgan fingerprint density at radius 2 is 1.62 bits per heavy atom. The van der Waals surface area contributed by atoms with Gasteiger partial charge in [0.15, 0.2) is 0 Å². The number of carbonyl (C=O) groups excluding carboxylic acids is 2. The fraction of sp³-hybridized carbons (Fsp3) is 0.467. The van der Waals surface area contributed by atoms with E-state index in [0.29, 0.717) is 5.75 Å². The van der Waals surface area contributed by atoms with Crippen molar-refractivity contribution in [3.8, 4) is 5.75 Å². The van der Waals surface area contributed by atoms with Gasteiger partial charge >= 0.3 is 12.2 Å². The van der Waals surface area contributed by atoms with Gasteiger partial charge in [-0.3, -0.25) is 0 Å². The molecule has 1 aromatic rings. The predicted molar refractivity (Wildman–Crippen MR) is 75.4 cm³/mol. The van der Waals surface area contributed by atoms with Crippen LogP contribution < -0.4 is 4.74 Å². The molecule has 2 rings (SSSR count). The Labute approximate surface area is 123 Å². The summed E-state index contributed by atoms with van der Waals surface area (Å²) in [4.78, 5) is 22.8. The lowest BCUT2D eigenvalue weighted by Gasteiger charge is -2.20. The molecule has 0 spiro atoms. The molecule has 0 bridgehead atoms. The van der Waals surface area contributed by atoms with Crippen LogP contribution in [0.1, 0.15) is 37.7 Å². The van der Waals surface area contributed by atoms with E-state index in [4.69, 9.17) is 9.47 Å². The van der Waals surface area contributed by atoms with E-state index in [1.165, 1.54) is 6.42 Å². The minimum Gasteiger partial charge on any atom is -0.444 e. The largest absolute Gasteiger partial charge is 0.458 e. The molecule has 1 fully saturated rings. The van der Waals surface area contributed by atoms with E-state index in [-0.39, 0.29) is 6.10 Å². The quantitative estimate of drug-likeness (QED) is 0.755. The molecule has 1 aliphatic carbocycles. The lowest BCUT2D eigenvalue weighted by Crippen LogP contribution is -2.19. The van der Waals surface area contributed by atoms with Crippen LogP contribution in [-0.4, -0.2) is 18.3 Å². The van der Waals surface area contributed by atoms with Crippen LogP contribution in [0.3, 0.4) is 0 Å². The van der Waals surface area contributed by atoms with E-state index in [9.17, 15) is 9.59 Å². The number of hydrogen-bond acceptors (Lipinski definition) is 4. The molecular formula is C15H18N2O4. The topological polar surface area (TPSA) is 77.3 Å². The summed E-state index contributed by atoms with van der Waals surface area (Å²) in [5.41, 5.74) is 1.05. The summed E-state index contributed by atoms with van der Waals surface area (Å²) in [5, 5.41) is 6.42. The van der Waals surface area contributed by atoms with Crippen LogP contribution in [0.25, 0.3) is 0 Å². The first-order valence-corrected chi connectivity index (χ1v) is 7.04. The first kappa shape index (κ1) is 15.2. The van der Waals surface area contributed by atoms with Crippen LogP contribution in [0.2, 0.25) is 0 Å². The van der Waals surface area contributed by atoms with Crippen molar-refractivity contribution < 1.29 is 19.1 Å². The Bertz CT molecular complexity index is 519. The van der Waals surface area contributed by atoms with Crippen molar-refractivity contribution >= 4 is 12.2 Å². The SMILES string of the molecule is Cc1ccc(OC(=O)N=NC(=O)OC2CCCCC2)cc1. The van der Waals surface area contributed by atoms with Crippen LogP contribution >= 0.6 is 0 Å². The summed E-state index contributed by atoms with van der Waals surface area (Å²) < 4.78 is 10.0. The molecule has 0 N–H and O–H groups in total. The van der Waals surface area contributed by atoms with E-state index >= 15 is 0 Å². The van der Waals surface area contributed by atoms with Gasteiger partial charge in [0, 0.05) is 0 Å². The summed E-state index contributed by atoms with van der Waals surface area (Å²) in [5.74, 6) is 0.352. The van der Waals surface area contributed by atoms with E-state index in [1.54, 1.807) is 24.3 Å². The zero-order valence-electron chi connectivity index (χ0n) is 11.9. The Morgan fingerprint density at radius 1 is 1.00 bits per heavy atom. The van der Waals surface area contributed by atoms with Crippen LogP contribution in [0.15, 0.2) is 34.5 Å². The van der Waals surface area contributed by atoms with Crippen LogP contribution in [0.4, 0.5) is 9.59 Å². The predicted octanol–water partition coefficient (Wildman–Crippen LogP) is 4.42. The lowest BCUT2D eigenvalue weighted by molar-refractivity contribution is 0.0817. The maximum atomic E-state index is 11.4. The van der Waals surface area contributed by atoms with Crippen LogP contribution in [0, 0.1) is 6.92 Å². The third-order valence-corrected chi connectivity index (χ3v) is 3.26. The Hall–Kier alpha value is -2.24. The minimum atomic E-state index is -0.945. The van der Waals surface area contributed by atoms with Crippen molar-refractivity contribution in [3.63, 3.8) is 0 Å². The van der Waals surface area contributed by atoms with Crippen molar-refractivity contribution in [1.29, 1.82) is 0 Å². The van der Waals surface area contributed by atoms with E-state index in [0.717, 1.165) is 31.2 Å². The molecule has 21 heavy (non-hydrogen) atoms. The van der Waals surface area contributed by atoms with Gasteiger partial charge < -0.3 is 9.47 Å². The van der Waals surface area contributed by atoms with Gasteiger partial charge in [-0.2, -0.15) is 0 Å². The zero-order chi connectivity index (χ0) is 15.1. The number of aryl methyl sites for hydroxylation is 1. The molecule has 6 nitrogen and oxygen atoms in total. The highest BCUT2D eigenvalue weighted by Crippen LogP contribution is 2.20. The molecule has 1 saturated carbocycles. The van der Waals surface area contributed by atoms with Gasteiger partial charge in [-0.25, -0.2) is 9.59 Å². The lowest BCUT2D eigenvalue weighted by atomic mass is 9.98. The molecule has 6 heteroatoms. The van der Waals surface area contributed by atoms with E-state index in [1.807, 2.05) is 6.92 Å². The van der Waals surface area contributed by atoms with Crippen molar-refractivity contribution in [3.05, 3.63) is 29.8 Å². The normalized spacial score (nSPS) is 15.9. The molecule has 2 amide bonds. The van der Waals surface area contributed by atoms with Gasteiger partial charge in [0.25, 0.3) is 0 Å². The van der Waals surface area contributed by atoms with E-state index in [2.05, 4.69) is 10.2 Å². The number of benzene rings is 1. The third-order valence-electron chi connectivity index (χ3n) is 3.26. The molecule has 1 aromatic carbocycles. The standard InChI is InChI=1S/C15H18N2O4/c1-11-7-9-13(10-8-11)21-15(19)17-16-14(18)20-12-5-3-2-4-6-12/h7-10,12H,2-6H2,1H3. The first-order valence-electron chi connectivity index (χ1n) is 7.04. The summed E-state index contributed by atoms with van der Waals surface area (Å²) in [6, 6.07) is 6.89. The maximum Gasteiger partial charge on any atom is 0.458 e. The third kappa shape index (κ3) is 5.33. The van der Waals surface area contributed by atoms with Gasteiger partial charge in [-0.1, -0.05) is 34.3 Å². The Morgan fingerprint density at radius 3 is 2.29 bits per heavy atom. The van der Waals surface area contributed by atoms with Gasteiger partial charge in [0.1, 0.15) is 11.9 Å². The van der Waals surface area contributed by atoms with Gasteiger partial charge in [0.05, 0.1) is 0 Å². The fourth-order valence-corrected chi connectivity index (χ4v) is 2.16. The number of rotatable bonds is 2. The number of amides is 2. The average molecular weight is 290 g/mol. The summed E-state index contributed by atoms with van der Waals surface area (Å²) in [6.45, 7) is 1.92. The highest BCUT2D eigenvalue weighted by molar-refractivity contribution is 5.74. The summed E-state index contributed by atoms with van der Waals surface area (Å²) in [7, 11) is 0. The van der Waals surface area contributed by atoms with Crippen LogP contribution in [0.5, 0.6) is 5.75 Å². The van der Waals surface area contributed by atoms with Gasteiger partial charge in [-0.05, 0) is 44.7 Å². The monoisotopic (exact) mass is 290 g/mol. The molecule has 112 valence electrons. The smallest absolute Gasteiger partial charge is 0.444 e. The van der Waals surface area contributed by atoms with Gasteiger partial charge in [-0.15, -0.1) is 0 Å². The Balaban J connectivity index is 1.78. The molecule has 0 heterocycles. The van der Waals surface area contributed by atoms with Gasteiger partial charge in [0.2, 0.25) is 0 Å². The number of ether oxygens (including phenoxy) is 2. The molecule has 0 unspecified atom stereocenters. The highest BCUT2D eigenvalue weighted by atomic mass is 16.6. The second-order valence-electron chi connectivity index (χ2n) is 5.02. The van der Waals surface area contributed by atoms with Crippen molar-refractivity contribution in [2.45, 2.75) is 45.1 Å². The number of azo groups is 1. The fourth-order valence-electron chi connectivity index (χ4n) is 2.16. The second-order valence-corrected chi connectivity index (χ2v) is 5.02. The molecule has 0 saturated heterocycles. The molecule has 0 radical (unpaired) electrons. The number of carbonyl (C=O) groups is 2. The van der Waals surface area contributed by atoms with Crippen molar-refractivity contribution in [2.24, 2.45) is 10.2 Å². The molecule has 0 aromatic heterocycles. The molecule has 1 aliphatic rings. The molecule has 0 atom stereocenters. The highest BCUT2D eigenvalue weighted by Gasteiger charge is 2.17. The molecule has 0 aliphatic heterocycles. The molecular weight excluding hydrogens is 272 g/mol. The first-order chi connectivity index (χ1) is 10.1. The second kappa shape index (κ2) is 7.52. The maximum absolute atomic E-state index is 11.4. The van der Waals surface area contributed by atoms with E-state index < -0.39 is 12.2 Å². The number of nitrogens with zero attached hydrogens (tertiary/aromatic N) is 2. The van der Waals surface area contributed by atoms with Crippen LogP contribution in [-0.2, 0) is 4.74 Å².